The van der Waals surface area contributed by atoms with Gasteiger partial charge in [0.1, 0.15) is 0 Å². The Bertz CT molecular complexity index is 346. The molecule has 2 heterocycles. The highest BCUT2D eigenvalue weighted by Gasteiger charge is 2.17. The first kappa shape index (κ1) is 10.9. The molecule has 0 radical (unpaired) electrons. The first-order valence-electron chi connectivity index (χ1n) is 5.41. The van der Waals surface area contributed by atoms with Gasteiger partial charge in [-0.1, -0.05) is 0 Å². The van der Waals surface area contributed by atoms with Crippen LogP contribution in [-0.2, 0) is 4.79 Å². The fourth-order valence-electron chi connectivity index (χ4n) is 1.94. The number of hydrogen-bond donors (Lipinski definition) is 1. The van der Waals surface area contributed by atoms with Gasteiger partial charge in [-0.2, -0.15) is 0 Å². The van der Waals surface area contributed by atoms with Gasteiger partial charge in [-0.15, -0.1) is 0 Å². The van der Waals surface area contributed by atoms with Gasteiger partial charge in [0.2, 0.25) is 5.91 Å². The summed E-state index contributed by atoms with van der Waals surface area (Å²) in [6, 6.07) is 4.01. The number of hydrogen-bond acceptors (Lipinski definition) is 4. The van der Waals surface area contributed by atoms with Crippen molar-refractivity contribution in [3.63, 3.8) is 0 Å². The van der Waals surface area contributed by atoms with Gasteiger partial charge in [0.15, 0.2) is 0 Å². The van der Waals surface area contributed by atoms with Gasteiger partial charge in [0, 0.05) is 44.3 Å². The number of amides is 1. The molecule has 2 N–H and O–H groups in total. The smallest absolute Gasteiger partial charge is 0.231 e. The minimum Gasteiger partial charge on any atom is -0.369 e. The molecule has 0 aromatic carbocycles. The molecule has 2 rings (SSSR count). The van der Waals surface area contributed by atoms with Crippen LogP contribution in [0.4, 0.5) is 5.69 Å². The van der Waals surface area contributed by atoms with Gasteiger partial charge in [-0.25, -0.2) is 0 Å². The van der Waals surface area contributed by atoms with E-state index >= 15 is 0 Å². The van der Waals surface area contributed by atoms with Crippen molar-refractivity contribution < 1.29 is 4.79 Å². The summed E-state index contributed by atoms with van der Waals surface area (Å²) in [5, 5.41) is 0. The quantitative estimate of drug-likeness (QED) is 0.759. The summed E-state index contributed by atoms with van der Waals surface area (Å²) in [4.78, 5) is 19.1. The maximum atomic E-state index is 10.8. The van der Waals surface area contributed by atoms with Gasteiger partial charge in [0.25, 0.3) is 0 Å². The monoisotopic (exact) mass is 220 g/mol. The van der Waals surface area contributed by atoms with Crippen molar-refractivity contribution >= 4 is 11.6 Å². The Hall–Kier alpha value is -1.62. The number of carbonyl (C=O) groups is 1. The van der Waals surface area contributed by atoms with Crippen molar-refractivity contribution in [1.82, 2.24) is 9.88 Å². The van der Waals surface area contributed by atoms with E-state index in [1.165, 1.54) is 5.69 Å². The summed E-state index contributed by atoms with van der Waals surface area (Å²) in [6.07, 6.45) is 3.59. The highest BCUT2D eigenvalue weighted by atomic mass is 16.1. The summed E-state index contributed by atoms with van der Waals surface area (Å²) in [6.45, 7) is 3.98. The molecule has 1 amide bonds. The van der Waals surface area contributed by atoms with Gasteiger partial charge < -0.3 is 10.6 Å². The lowest BCUT2D eigenvalue weighted by Crippen LogP contribution is -2.48. The Morgan fingerprint density at radius 2 is 1.88 bits per heavy atom. The number of carbonyl (C=O) groups excluding carboxylic acids is 1. The second-order valence-electron chi connectivity index (χ2n) is 3.93. The molecule has 5 nitrogen and oxygen atoms in total. The third-order valence-corrected chi connectivity index (χ3v) is 2.78. The molecule has 16 heavy (non-hydrogen) atoms. The van der Waals surface area contributed by atoms with Crippen LogP contribution in [0, 0.1) is 0 Å². The van der Waals surface area contributed by atoms with E-state index in [9.17, 15) is 4.79 Å². The molecular weight excluding hydrogens is 204 g/mol. The molecule has 86 valence electrons. The van der Waals surface area contributed by atoms with Crippen LogP contribution in [-0.4, -0.2) is 48.5 Å². The number of pyridine rings is 1. The van der Waals surface area contributed by atoms with Crippen molar-refractivity contribution in [2.45, 2.75) is 0 Å². The number of nitrogens with two attached hydrogens (primary N) is 1. The lowest BCUT2D eigenvalue weighted by atomic mass is 10.2. The average Bonchev–Trinajstić information content (AvgIpc) is 2.30. The van der Waals surface area contributed by atoms with Crippen LogP contribution in [0.25, 0.3) is 0 Å². The van der Waals surface area contributed by atoms with Gasteiger partial charge in [-0.3, -0.25) is 14.7 Å². The van der Waals surface area contributed by atoms with Crippen molar-refractivity contribution in [3.05, 3.63) is 24.5 Å². The van der Waals surface area contributed by atoms with Crippen LogP contribution in [0.2, 0.25) is 0 Å². The topological polar surface area (TPSA) is 62.5 Å². The van der Waals surface area contributed by atoms with Gasteiger partial charge >= 0.3 is 0 Å². The molecule has 0 bridgehead atoms. The molecule has 1 aliphatic heterocycles. The molecule has 0 unspecified atom stereocenters. The average molecular weight is 220 g/mol. The van der Waals surface area contributed by atoms with Crippen molar-refractivity contribution in [2.75, 3.05) is 37.6 Å². The molecule has 5 heteroatoms. The maximum absolute atomic E-state index is 10.8. The summed E-state index contributed by atoms with van der Waals surface area (Å²) in [5.41, 5.74) is 6.36. The fourth-order valence-corrected chi connectivity index (χ4v) is 1.94. The molecule has 1 fully saturated rings. The fraction of sp³-hybridized carbons (Fsp3) is 0.455. The predicted octanol–water partition coefficient (Wildman–Crippen LogP) is -0.311. The Balaban J connectivity index is 1.88. The van der Waals surface area contributed by atoms with E-state index in [0.29, 0.717) is 6.54 Å². The molecule has 1 saturated heterocycles. The van der Waals surface area contributed by atoms with Crippen LogP contribution in [0.1, 0.15) is 0 Å². The lowest BCUT2D eigenvalue weighted by molar-refractivity contribution is -0.119. The van der Waals surface area contributed by atoms with Crippen LogP contribution >= 0.6 is 0 Å². The molecule has 0 aliphatic carbocycles. The minimum absolute atomic E-state index is 0.252. The molecule has 1 aromatic rings. The van der Waals surface area contributed by atoms with E-state index in [0.717, 1.165) is 26.2 Å². The van der Waals surface area contributed by atoms with Crippen molar-refractivity contribution in [1.29, 1.82) is 0 Å². The van der Waals surface area contributed by atoms with E-state index in [1.54, 1.807) is 12.4 Å². The predicted molar refractivity (Wildman–Crippen MR) is 62.1 cm³/mol. The second-order valence-corrected chi connectivity index (χ2v) is 3.93. The molecule has 1 aliphatic rings. The molecular formula is C11H16N4O. The third kappa shape index (κ3) is 2.70. The molecule has 0 spiro atoms. The van der Waals surface area contributed by atoms with Crippen LogP contribution in [0.3, 0.4) is 0 Å². The van der Waals surface area contributed by atoms with Gasteiger partial charge in [0.05, 0.1) is 6.54 Å². The number of aromatic nitrogens is 1. The van der Waals surface area contributed by atoms with Crippen molar-refractivity contribution in [2.24, 2.45) is 5.73 Å². The van der Waals surface area contributed by atoms with E-state index in [2.05, 4.69) is 14.8 Å². The Morgan fingerprint density at radius 3 is 2.44 bits per heavy atom. The number of anilines is 1. The highest BCUT2D eigenvalue weighted by molar-refractivity contribution is 5.75. The van der Waals surface area contributed by atoms with E-state index < -0.39 is 0 Å². The molecule has 1 aromatic heterocycles. The summed E-state index contributed by atoms with van der Waals surface area (Å²) in [7, 11) is 0. The lowest BCUT2D eigenvalue weighted by Gasteiger charge is -2.35. The number of nitrogens with zero attached hydrogens (tertiary/aromatic N) is 3. The largest absolute Gasteiger partial charge is 0.369 e. The first-order chi connectivity index (χ1) is 7.75. The second kappa shape index (κ2) is 4.94. The van der Waals surface area contributed by atoms with E-state index in [1.807, 2.05) is 12.1 Å². The normalized spacial score (nSPS) is 17.4. The molecule has 0 saturated carbocycles. The van der Waals surface area contributed by atoms with E-state index in [4.69, 9.17) is 5.73 Å². The standard InChI is InChI=1S/C11H16N4O/c12-11(16)9-14-5-7-15(8-6-14)10-1-3-13-4-2-10/h1-4H,5-9H2,(H2,12,16). The van der Waals surface area contributed by atoms with Gasteiger partial charge in [-0.05, 0) is 12.1 Å². The third-order valence-electron chi connectivity index (χ3n) is 2.78. The van der Waals surface area contributed by atoms with Crippen LogP contribution in [0.15, 0.2) is 24.5 Å². The van der Waals surface area contributed by atoms with Crippen molar-refractivity contribution in [3.8, 4) is 0 Å². The maximum Gasteiger partial charge on any atom is 0.231 e. The Morgan fingerprint density at radius 1 is 1.25 bits per heavy atom. The SMILES string of the molecule is NC(=O)CN1CCN(c2ccncc2)CC1. The van der Waals surface area contributed by atoms with E-state index in [-0.39, 0.29) is 5.91 Å². The zero-order chi connectivity index (χ0) is 11.4. The number of piperazine rings is 1. The zero-order valence-corrected chi connectivity index (χ0v) is 9.17. The van der Waals surface area contributed by atoms with Crippen LogP contribution < -0.4 is 10.6 Å². The first-order valence-corrected chi connectivity index (χ1v) is 5.41. The van der Waals surface area contributed by atoms with Crippen LogP contribution in [0.5, 0.6) is 0 Å². The number of primary amides is 1. The minimum atomic E-state index is -0.252. The summed E-state index contributed by atoms with van der Waals surface area (Å²) >= 11 is 0. The highest BCUT2D eigenvalue weighted by Crippen LogP contribution is 2.14. The summed E-state index contributed by atoms with van der Waals surface area (Å²) < 4.78 is 0. The molecule has 0 atom stereocenters. The Labute approximate surface area is 94.9 Å². The number of rotatable bonds is 3. The zero-order valence-electron chi connectivity index (χ0n) is 9.17. The Kier molecular flexibility index (Phi) is 3.36. The summed E-state index contributed by atoms with van der Waals surface area (Å²) in [5.74, 6) is -0.252.